The van der Waals surface area contributed by atoms with Gasteiger partial charge in [0.2, 0.25) is 0 Å². The third kappa shape index (κ3) is 6.76. The van der Waals surface area contributed by atoms with Crippen molar-refractivity contribution in [2.75, 3.05) is 34.0 Å². The molecule has 0 bridgehead atoms. The van der Waals surface area contributed by atoms with E-state index in [9.17, 15) is 14.9 Å². The molecule has 1 amide bonds. The fraction of sp³-hybridized carbons (Fsp3) is 0.381. The maximum Gasteiger partial charge on any atom is 0.286 e. The third-order valence-electron chi connectivity index (χ3n) is 4.29. The molecule has 0 aliphatic heterocycles. The minimum absolute atomic E-state index is 0.0611. The first-order valence-electron chi connectivity index (χ1n) is 9.37. The Kier molecular flexibility index (Phi) is 8.91. The van der Waals surface area contributed by atoms with Crippen molar-refractivity contribution in [3.63, 3.8) is 0 Å². The lowest BCUT2D eigenvalue weighted by molar-refractivity contribution is -0.385. The lowest BCUT2D eigenvalue weighted by Crippen LogP contribution is -2.25. The molecular formula is C21H26N2O6. The van der Waals surface area contributed by atoms with Crippen LogP contribution in [0.5, 0.6) is 11.5 Å². The number of aryl methyl sites for hydroxylation is 1. The Labute approximate surface area is 169 Å². The van der Waals surface area contributed by atoms with Gasteiger partial charge in [-0.1, -0.05) is 30.3 Å². The number of amides is 1. The van der Waals surface area contributed by atoms with Gasteiger partial charge in [0.25, 0.3) is 11.6 Å². The first-order valence-corrected chi connectivity index (χ1v) is 9.37. The zero-order valence-corrected chi connectivity index (χ0v) is 16.7. The molecule has 2 aromatic rings. The van der Waals surface area contributed by atoms with Crippen LogP contribution in [-0.2, 0) is 11.2 Å². The largest absolute Gasteiger partial charge is 0.493 e. The van der Waals surface area contributed by atoms with E-state index < -0.39 is 10.8 Å². The highest BCUT2D eigenvalue weighted by atomic mass is 16.6. The van der Waals surface area contributed by atoms with Crippen molar-refractivity contribution in [3.8, 4) is 11.5 Å². The van der Waals surface area contributed by atoms with Gasteiger partial charge in [-0.05, 0) is 24.8 Å². The van der Waals surface area contributed by atoms with E-state index in [1.54, 1.807) is 0 Å². The fourth-order valence-electron chi connectivity index (χ4n) is 2.79. The number of nitro groups is 1. The number of rotatable bonds is 12. The summed E-state index contributed by atoms with van der Waals surface area (Å²) in [5.74, 6) is -0.0743. The summed E-state index contributed by atoms with van der Waals surface area (Å²) in [5.41, 5.74) is 0.845. The minimum atomic E-state index is -0.604. The molecule has 2 rings (SSSR count). The monoisotopic (exact) mass is 402 g/mol. The van der Waals surface area contributed by atoms with Crippen LogP contribution < -0.4 is 14.8 Å². The van der Waals surface area contributed by atoms with E-state index in [1.807, 2.05) is 18.2 Å². The number of hydrogen-bond acceptors (Lipinski definition) is 6. The summed E-state index contributed by atoms with van der Waals surface area (Å²) in [5, 5.41) is 14.2. The Hall–Kier alpha value is -3.13. The number of benzene rings is 2. The summed E-state index contributed by atoms with van der Waals surface area (Å²) in [6.07, 6.45) is 2.59. The molecule has 0 heterocycles. The SMILES string of the molecule is COCCOc1cc([N+](=O)[O-])c(C(=O)NCCCCc2ccccc2)cc1OC. The first-order chi connectivity index (χ1) is 14.1. The van der Waals surface area contributed by atoms with Crippen LogP contribution >= 0.6 is 0 Å². The van der Waals surface area contributed by atoms with Gasteiger partial charge in [0.05, 0.1) is 24.7 Å². The highest BCUT2D eigenvalue weighted by Crippen LogP contribution is 2.34. The molecule has 0 aromatic heterocycles. The maximum atomic E-state index is 12.5. The second-order valence-electron chi connectivity index (χ2n) is 6.32. The van der Waals surface area contributed by atoms with Gasteiger partial charge in [-0.2, -0.15) is 0 Å². The molecule has 0 aliphatic carbocycles. The number of nitrogens with one attached hydrogen (secondary N) is 1. The van der Waals surface area contributed by atoms with E-state index in [-0.39, 0.29) is 29.4 Å². The van der Waals surface area contributed by atoms with Crippen molar-refractivity contribution < 1.29 is 23.9 Å². The third-order valence-corrected chi connectivity index (χ3v) is 4.29. The molecule has 29 heavy (non-hydrogen) atoms. The normalized spacial score (nSPS) is 10.4. The lowest BCUT2D eigenvalue weighted by Gasteiger charge is -2.13. The van der Waals surface area contributed by atoms with E-state index in [0.717, 1.165) is 19.3 Å². The number of ether oxygens (including phenoxy) is 3. The summed E-state index contributed by atoms with van der Waals surface area (Å²) in [7, 11) is 2.94. The summed E-state index contributed by atoms with van der Waals surface area (Å²) < 4.78 is 15.6. The number of unbranched alkanes of at least 4 members (excludes halogenated alkanes) is 1. The Morgan fingerprint density at radius 1 is 1.07 bits per heavy atom. The Morgan fingerprint density at radius 3 is 2.48 bits per heavy atom. The van der Waals surface area contributed by atoms with Crippen LogP contribution in [0.15, 0.2) is 42.5 Å². The number of carbonyl (C=O) groups excluding carboxylic acids is 1. The smallest absolute Gasteiger partial charge is 0.286 e. The van der Waals surface area contributed by atoms with Gasteiger partial charge < -0.3 is 19.5 Å². The van der Waals surface area contributed by atoms with Crippen molar-refractivity contribution >= 4 is 11.6 Å². The van der Waals surface area contributed by atoms with Gasteiger partial charge >= 0.3 is 0 Å². The molecule has 0 spiro atoms. The standard InChI is InChI=1S/C21H26N2O6/c1-27-12-13-29-20-15-18(23(25)26)17(14-19(20)28-2)21(24)22-11-7-6-10-16-8-4-3-5-9-16/h3-5,8-9,14-15H,6-7,10-13H2,1-2H3,(H,22,24). The number of hydrogen-bond donors (Lipinski definition) is 1. The second kappa shape index (κ2) is 11.7. The van der Waals surface area contributed by atoms with E-state index >= 15 is 0 Å². The van der Waals surface area contributed by atoms with Gasteiger partial charge in [-0.15, -0.1) is 0 Å². The van der Waals surface area contributed by atoms with Gasteiger partial charge in [0.15, 0.2) is 11.5 Å². The Balaban J connectivity index is 1.99. The minimum Gasteiger partial charge on any atom is -0.493 e. The molecule has 0 radical (unpaired) electrons. The number of carbonyl (C=O) groups is 1. The van der Waals surface area contributed by atoms with E-state index in [4.69, 9.17) is 14.2 Å². The van der Waals surface area contributed by atoms with Crippen LogP contribution in [0.3, 0.4) is 0 Å². The summed E-state index contributed by atoms with van der Waals surface area (Å²) in [6.45, 7) is 0.955. The molecule has 0 atom stereocenters. The molecule has 2 aromatic carbocycles. The molecule has 156 valence electrons. The zero-order valence-electron chi connectivity index (χ0n) is 16.7. The molecule has 0 fully saturated rings. The fourth-order valence-corrected chi connectivity index (χ4v) is 2.79. The molecular weight excluding hydrogens is 376 g/mol. The molecule has 0 aliphatic rings. The summed E-state index contributed by atoms with van der Waals surface area (Å²) >= 11 is 0. The van der Waals surface area contributed by atoms with Crippen molar-refractivity contribution in [3.05, 3.63) is 63.7 Å². The van der Waals surface area contributed by atoms with Crippen molar-refractivity contribution in [2.45, 2.75) is 19.3 Å². The van der Waals surface area contributed by atoms with Gasteiger partial charge in [-0.3, -0.25) is 14.9 Å². The van der Waals surface area contributed by atoms with Crippen LogP contribution in [0.4, 0.5) is 5.69 Å². The highest BCUT2D eigenvalue weighted by molar-refractivity contribution is 5.99. The van der Waals surface area contributed by atoms with Crippen LogP contribution in [0.2, 0.25) is 0 Å². The van der Waals surface area contributed by atoms with Crippen molar-refractivity contribution in [1.29, 1.82) is 0 Å². The van der Waals surface area contributed by atoms with E-state index in [0.29, 0.717) is 13.2 Å². The van der Waals surface area contributed by atoms with Crippen LogP contribution in [-0.4, -0.2) is 44.8 Å². The predicted molar refractivity (Wildman–Crippen MR) is 109 cm³/mol. The zero-order chi connectivity index (χ0) is 21.1. The summed E-state index contributed by atoms with van der Waals surface area (Å²) in [6, 6.07) is 12.6. The average Bonchev–Trinajstić information content (AvgIpc) is 2.73. The summed E-state index contributed by atoms with van der Waals surface area (Å²) in [4.78, 5) is 23.4. The molecule has 0 saturated heterocycles. The topological polar surface area (TPSA) is 99.9 Å². The highest BCUT2D eigenvalue weighted by Gasteiger charge is 2.24. The average molecular weight is 402 g/mol. The first kappa shape index (κ1) is 22.2. The second-order valence-corrected chi connectivity index (χ2v) is 6.32. The number of methoxy groups -OCH3 is 2. The predicted octanol–water partition coefficient (Wildman–Crippen LogP) is 3.38. The van der Waals surface area contributed by atoms with E-state index in [2.05, 4.69) is 17.4 Å². The van der Waals surface area contributed by atoms with Crippen LogP contribution in [0.1, 0.15) is 28.8 Å². The van der Waals surface area contributed by atoms with Crippen molar-refractivity contribution in [2.24, 2.45) is 0 Å². The molecule has 8 nitrogen and oxygen atoms in total. The molecule has 1 N–H and O–H groups in total. The van der Waals surface area contributed by atoms with Crippen LogP contribution in [0, 0.1) is 10.1 Å². The van der Waals surface area contributed by atoms with E-state index in [1.165, 1.54) is 31.9 Å². The molecule has 0 saturated carbocycles. The number of nitrogens with zero attached hydrogens (tertiary/aromatic N) is 1. The van der Waals surface area contributed by atoms with Crippen molar-refractivity contribution in [1.82, 2.24) is 5.32 Å². The maximum absolute atomic E-state index is 12.5. The number of nitro benzene ring substituents is 1. The van der Waals surface area contributed by atoms with Gasteiger partial charge in [0.1, 0.15) is 12.2 Å². The quantitative estimate of drug-likeness (QED) is 0.332. The van der Waals surface area contributed by atoms with Gasteiger partial charge in [-0.25, -0.2) is 0 Å². The Morgan fingerprint density at radius 2 is 1.83 bits per heavy atom. The van der Waals surface area contributed by atoms with Gasteiger partial charge in [0, 0.05) is 19.7 Å². The van der Waals surface area contributed by atoms with Crippen LogP contribution in [0.25, 0.3) is 0 Å². The lowest BCUT2D eigenvalue weighted by atomic mass is 10.1. The molecule has 0 unspecified atom stereocenters. The Bertz CT molecular complexity index is 810. The molecule has 8 heteroatoms.